The van der Waals surface area contributed by atoms with Crippen LogP contribution >= 0.6 is 22.6 Å². The average molecular weight is 370 g/mol. The van der Waals surface area contributed by atoms with Gasteiger partial charge in [-0.25, -0.2) is 0 Å². The van der Waals surface area contributed by atoms with E-state index in [2.05, 4.69) is 27.9 Å². The number of piperidine rings is 1. The van der Waals surface area contributed by atoms with Crippen LogP contribution in [0.15, 0.2) is 24.3 Å². The first kappa shape index (κ1) is 12.9. The summed E-state index contributed by atoms with van der Waals surface area (Å²) in [6.07, 6.45) is 1.80. The van der Waals surface area contributed by atoms with Gasteiger partial charge in [0.25, 0.3) is 5.91 Å². The summed E-state index contributed by atoms with van der Waals surface area (Å²) >= 11 is 2.22. The van der Waals surface area contributed by atoms with Crippen LogP contribution in [0.4, 0.5) is 0 Å². The number of hydrogen-bond donors (Lipinski definition) is 1. The number of halogens is 1. The zero-order valence-corrected chi connectivity index (χ0v) is 12.6. The molecule has 2 amide bonds. The maximum Gasteiger partial charge on any atom is 0.254 e. The lowest BCUT2D eigenvalue weighted by atomic mass is 9.91. The molecule has 2 fully saturated rings. The largest absolute Gasteiger partial charge is 0.354 e. The Labute approximate surface area is 125 Å². The molecule has 2 atom stereocenters. The summed E-state index contributed by atoms with van der Waals surface area (Å²) in [5, 5.41) is 2.87. The molecule has 5 heteroatoms. The number of amides is 2. The van der Waals surface area contributed by atoms with Crippen molar-refractivity contribution < 1.29 is 9.59 Å². The van der Waals surface area contributed by atoms with E-state index >= 15 is 0 Å². The third-order valence-corrected chi connectivity index (χ3v) is 4.67. The van der Waals surface area contributed by atoms with Gasteiger partial charge in [-0.1, -0.05) is 0 Å². The molecule has 19 heavy (non-hydrogen) atoms. The van der Waals surface area contributed by atoms with Crippen LogP contribution < -0.4 is 5.32 Å². The number of rotatable bonds is 1. The molecule has 2 aliphatic rings. The molecule has 2 heterocycles. The van der Waals surface area contributed by atoms with E-state index in [0.29, 0.717) is 12.1 Å². The van der Waals surface area contributed by atoms with Gasteiger partial charge in [-0.05, 0) is 59.7 Å². The second-order valence-electron chi connectivity index (χ2n) is 5.07. The molecule has 2 unspecified atom stereocenters. The molecule has 100 valence electrons. The summed E-state index contributed by atoms with van der Waals surface area (Å²) in [7, 11) is 0. The fourth-order valence-corrected chi connectivity index (χ4v) is 3.32. The highest BCUT2D eigenvalue weighted by Crippen LogP contribution is 2.28. The van der Waals surface area contributed by atoms with Crippen molar-refractivity contribution in [2.24, 2.45) is 5.92 Å². The van der Waals surface area contributed by atoms with Crippen molar-refractivity contribution in [1.29, 1.82) is 0 Å². The predicted octanol–water partition coefficient (Wildman–Crippen LogP) is 1.64. The van der Waals surface area contributed by atoms with E-state index in [1.54, 1.807) is 0 Å². The van der Waals surface area contributed by atoms with Crippen LogP contribution in [0.2, 0.25) is 0 Å². The highest BCUT2D eigenvalue weighted by atomic mass is 127. The molecule has 2 saturated heterocycles. The standard InChI is InChI=1S/C14H15IN2O2/c15-10-5-3-9(4-6-10)14(19)17-7-1-2-11-12(17)8-16-13(11)18/h3-6,11-12H,1-2,7-8H2,(H,16,18). The number of benzene rings is 1. The van der Waals surface area contributed by atoms with Gasteiger partial charge < -0.3 is 10.2 Å². The molecule has 4 nitrogen and oxygen atoms in total. The van der Waals surface area contributed by atoms with Gasteiger partial charge in [-0.3, -0.25) is 9.59 Å². The van der Waals surface area contributed by atoms with Crippen molar-refractivity contribution in [3.05, 3.63) is 33.4 Å². The Morgan fingerprint density at radius 3 is 2.79 bits per heavy atom. The average Bonchev–Trinajstić information content (AvgIpc) is 2.81. The predicted molar refractivity (Wildman–Crippen MR) is 79.7 cm³/mol. The highest BCUT2D eigenvalue weighted by Gasteiger charge is 2.42. The molecular formula is C14H15IN2O2. The fourth-order valence-electron chi connectivity index (χ4n) is 2.96. The van der Waals surface area contributed by atoms with E-state index in [1.807, 2.05) is 29.2 Å². The van der Waals surface area contributed by atoms with E-state index in [1.165, 1.54) is 0 Å². The highest BCUT2D eigenvalue weighted by molar-refractivity contribution is 14.1. The Kier molecular flexibility index (Phi) is 3.47. The molecule has 0 bridgehead atoms. The van der Waals surface area contributed by atoms with Crippen molar-refractivity contribution in [3.63, 3.8) is 0 Å². The van der Waals surface area contributed by atoms with Crippen LogP contribution in [0, 0.1) is 9.49 Å². The van der Waals surface area contributed by atoms with Crippen LogP contribution in [0.25, 0.3) is 0 Å². The fraction of sp³-hybridized carbons (Fsp3) is 0.429. The number of carbonyl (C=O) groups is 2. The van der Waals surface area contributed by atoms with E-state index in [4.69, 9.17) is 0 Å². The summed E-state index contributed by atoms with van der Waals surface area (Å²) in [5.74, 6) is 0.134. The lowest BCUT2D eigenvalue weighted by Gasteiger charge is -2.36. The number of fused-ring (bicyclic) bond motifs is 1. The minimum absolute atomic E-state index is 0.0125. The minimum atomic E-state index is -0.0125. The van der Waals surface area contributed by atoms with Gasteiger partial charge >= 0.3 is 0 Å². The van der Waals surface area contributed by atoms with Crippen LogP contribution in [-0.4, -0.2) is 35.8 Å². The summed E-state index contributed by atoms with van der Waals surface area (Å²) in [4.78, 5) is 26.1. The van der Waals surface area contributed by atoms with Crippen molar-refractivity contribution in [1.82, 2.24) is 10.2 Å². The number of hydrogen-bond acceptors (Lipinski definition) is 2. The molecule has 3 rings (SSSR count). The second-order valence-corrected chi connectivity index (χ2v) is 6.31. The Bertz CT molecular complexity index is 515. The second kappa shape index (κ2) is 5.11. The Morgan fingerprint density at radius 1 is 1.32 bits per heavy atom. The topological polar surface area (TPSA) is 49.4 Å². The third-order valence-electron chi connectivity index (χ3n) is 3.95. The van der Waals surface area contributed by atoms with Gasteiger partial charge in [0.15, 0.2) is 0 Å². The molecular weight excluding hydrogens is 355 g/mol. The molecule has 0 aromatic heterocycles. The Morgan fingerprint density at radius 2 is 2.05 bits per heavy atom. The van der Waals surface area contributed by atoms with Gasteiger partial charge in [0.2, 0.25) is 5.91 Å². The molecule has 0 aliphatic carbocycles. The zero-order chi connectivity index (χ0) is 13.4. The Hall–Kier alpha value is -1.11. The quantitative estimate of drug-likeness (QED) is 0.765. The van der Waals surface area contributed by atoms with Gasteiger partial charge in [0.1, 0.15) is 0 Å². The molecule has 0 saturated carbocycles. The zero-order valence-electron chi connectivity index (χ0n) is 10.4. The van der Waals surface area contributed by atoms with E-state index in [0.717, 1.165) is 23.0 Å². The van der Waals surface area contributed by atoms with Gasteiger partial charge in [-0.15, -0.1) is 0 Å². The van der Waals surface area contributed by atoms with Crippen molar-refractivity contribution in [2.75, 3.05) is 13.1 Å². The third kappa shape index (κ3) is 2.35. The van der Waals surface area contributed by atoms with Crippen molar-refractivity contribution in [2.45, 2.75) is 18.9 Å². The van der Waals surface area contributed by atoms with Crippen molar-refractivity contribution in [3.8, 4) is 0 Å². The number of likely N-dealkylation sites (tertiary alicyclic amines) is 1. The van der Waals surface area contributed by atoms with Crippen molar-refractivity contribution >= 4 is 34.4 Å². The first-order valence-electron chi connectivity index (χ1n) is 6.51. The SMILES string of the molecule is O=C1NCC2C1CCCN2C(=O)c1ccc(I)cc1. The van der Waals surface area contributed by atoms with E-state index in [9.17, 15) is 9.59 Å². The summed E-state index contributed by atoms with van der Waals surface area (Å²) in [5.41, 5.74) is 0.709. The molecule has 0 radical (unpaired) electrons. The minimum Gasteiger partial charge on any atom is -0.354 e. The Balaban J connectivity index is 1.83. The van der Waals surface area contributed by atoms with Crippen LogP contribution in [0.5, 0.6) is 0 Å². The van der Waals surface area contributed by atoms with Crippen LogP contribution in [0.1, 0.15) is 23.2 Å². The number of nitrogens with zero attached hydrogens (tertiary/aromatic N) is 1. The smallest absolute Gasteiger partial charge is 0.254 e. The molecule has 0 spiro atoms. The summed E-state index contributed by atoms with van der Waals surface area (Å²) in [6, 6.07) is 7.63. The number of carbonyl (C=O) groups excluding carboxylic acids is 2. The summed E-state index contributed by atoms with van der Waals surface area (Å²) < 4.78 is 1.11. The molecule has 1 N–H and O–H groups in total. The van der Waals surface area contributed by atoms with Gasteiger partial charge in [-0.2, -0.15) is 0 Å². The monoisotopic (exact) mass is 370 g/mol. The van der Waals surface area contributed by atoms with Gasteiger partial charge in [0.05, 0.1) is 12.0 Å². The lowest BCUT2D eigenvalue weighted by molar-refractivity contribution is -0.123. The maximum absolute atomic E-state index is 12.5. The van der Waals surface area contributed by atoms with Gasteiger partial charge in [0, 0.05) is 22.2 Å². The van der Waals surface area contributed by atoms with E-state index in [-0.39, 0.29) is 23.8 Å². The molecule has 2 aliphatic heterocycles. The van der Waals surface area contributed by atoms with Crippen LogP contribution in [-0.2, 0) is 4.79 Å². The van der Waals surface area contributed by atoms with Crippen LogP contribution in [0.3, 0.4) is 0 Å². The normalized spacial score (nSPS) is 25.9. The summed E-state index contributed by atoms with van der Waals surface area (Å²) in [6.45, 7) is 1.35. The molecule has 1 aromatic rings. The molecule has 1 aromatic carbocycles. The first-order valence-corrected chi connectivity index (χ1v) is 7.59. The first-order chi connectivity index (χ1) is 9.16. The van der Waals surface area contributed by atoms with E-state index < -0.39 is 0 Å². The maximum atomic E-state index is 12.5. The lowest BCUT2D eigenvalue weighted by Crippen LogP contribution is -2.48. The number of nitrogens with one attached hydrogen (secondary N) is 1.